The second-order valence-corrected chi connectivity index (χ2v) is 10.5. The van der Waals surface area contributed by atoms with Crippen molar-refractivity contribution in [3.63, 3.8) is 0 Å². The highest BCUT2D eigenvalue weighted by molar-refractivity contribution is 7.15. The van der Waals surface area contributed by atoms with E-state index in [1.807, 2.05) is 0 Å². The van der Waals surface area contributed by atoms with Crippen molar-refractivity contribution in [2.24, 2.45) is 5.92 Å². The van der Waals surface area contributed by atoms with Crippen LogP contribution in [0.25, 0.3) is 0 Å². The van der Waals surface area contributed by atoms with Crippen LogP contribution in [0.5, 0.6) is 0 Å². The molecule has 0 bridgehead atoms. The summed E-state index contributed by atoms with van der Waals surface area (Å²) in [5, 5.41) is 9.18. The molecule has 0 saturated heterocycles. The molecule has 2 heterocycles. The minimum atomic E-state index is 0.530. The Morgan fingerprint density at radius 3 is 2.18 bits per heavy atom. The van der Waals surface area contributed by atoms with E-state index in [9.17, 15) is 0 Å². The number of hydrogen-bond donors (Lipinski definition) is 4. The van der Waals surface area contributed by atoms with Crippen LogP contribution in [0, 0.1) is 5.92 Å². The molecule has 2 aliphatic rings. The number of aryl methyl sites for hydroxylation is 2. The van der Waals surface area contributed by atoms with Crippen LogP contribution < -0.4 is 22.1 Å². The number of nitrogens with zero attached hydrogens (tertiary/aromatic N) is 2. The predicted molar refractivity (Wildman–Crippen MR) is 119 cm³/mol. The van der Waals surface area contributed by atoms with Crippen LogP contribution in [0.3, 0.4) is 0 Å². The minimum absolute atomic E-state index is 0.530. The second-order valence-electron chi connectivity index (χ2n) is 8.29. The molecule has 6 N–H and O–H groups in total. The van der Waals surface area contributed by atoms with Crippen LogP contribution in [0.4, 0.5) is 10.3 Å². The normalized spacial score (nSPS) is 23.8. The van der Waals surface area contributed by atoms with Crippen LogP contribution in [0.2, 0.25) is 0 Å². The van der Waals surface area contributed by atoms with Crippen molar-refractivity contribution < 1.29 is 0 Å². The fourth-order valence-electron chi connectivity index (χ4n) is 4.59. The first kappa shape index (κ1) is 20.1. The molecule has 2 unspecified atom stereocenters. The van der Waals surface area contributed by atoms with Crippen molar-refractivity contribution in [3.8, 4) is 0 Å². The Morgan fingerprint density at radius 1 is 1.00 bits per heavy atom. The standard InChI is InChI=1S/C20H32N6S2/c1-3-14(24-13-5-7-16-18(9-13)28-20(22)26-16)11(2)10-23-12-4-6-15-17(8-12)27-19(21)25-15/h11-14,23-24H,3-10H2,1-2H3,(H2,21,25)(H2,22,26)/t11?,12-,13+,14?/m1/s1. The van der Waals surface area contributed by atoms with E-state index in [-0.39, 0.29) is 0 Å². The summed E-state index contributed by atoms with van der Waals surface area (Å²) in [6.45, 7) is 5.71. The maximum Gasteiger partial charge on any atom is 0.180 e. The Bertz CT molecular complexity index is 801. The first-order chi connectivity index (χ1) is 13.5. The van der Waals surface area contributed by atoms with Gasteiger partial charge < -0.3 is 22.1 Å². The highest BCUT2D eigenvalue weighted by atomic mass is 32.1. The zero-order valence-electron chi connectivity index (χ0n) is 16.8. The third-order valence-electron chi connectivity index (χ3n) is 6.22. The summed E-state index contributed by atoms with van der Waals surface area (Å²) in [4.78, 5) is 11.7. The fourth-order valence-corrected chi connectivity index (χ4v) is 6.51. The van der Waals surface area contributed by atoms with Gasteiger partial charge in [-0.1, -0.05) is 13.8 Å². The van der Waals surface area contributed by atoms with E-state index >= 15 is 0 Å². The van der Waals surface area contributed by atoms with E-state index in [2.05, 4.69) is 34.4 Å². The van der Waals surface area contributed by atoms with E-state index in [0.29, 0.717) is 34.3 Å². The summed E-state index contributed by atoms with van der Waals surface area (Å²) in [6, 6.07) is 1.62. The average molecular weight is 421 g/mol. The van der Waals surface area contributed by atoms with Crippen molar-refractivity contribution >= 4 is 32.9 Å². The predicted octanol–water partition coefficient (Wildman–Crippen LogP) is 2.77. The quantitative estimate of drug-likeness (QED) is 0.549. The molecule has 0 saturated carbocycles. The molecule has 0 aliphatic heterocycles. The molecular weight excluding hydrogens is 388 g/mol. The van der Waals surface area contributed by atoms with Crippen molar-refractivity contribution in [1.29, 1.82) is 0 Å². The van der Waals surface area contributed by atoms with E-state index in [4.69, 9.17) is 11.5 Å². The maximum absolute atomic E-state index is 5.89. The molecule has 4 atom stereocenters. The highest BCUT2D eigenvalue weighted by Gasteiger charge is 2.27. The molecule has 2 aromatic heterocycles. The fraction of sp³-hybridized carbons (Fsp3) is 0.700. The molecule has 6 nitrogen and oxygen atoms in total. The smallest absolute Gasteiger partial charge is 0.180 e. The summed E-state index contributed by atoms with van der Waals surface area (Å²) in [5.41, 5.74) is 14.2. The highest BCUT2D eigenvalue weighted by Crippen LogP contribution is 2.29. The third-order valence-corrected chi connectivity index (χ3v) is 8.12. The first-order valence-electron chi connectivity index (χ1n) is 10.5. The van der Waals surface area contributed by atoms with E-state index < -0.39 is 0 Å². The third kappa shape index (κ3) is 4.50. The number of hydrogen-bond acceptors (Lipinski definition) is 8. The van der Waals surface area contributed by atoms with E-state index in [0.717, 1.165) is 51.5 Å². The first-order valence-corrected chi connectivity index (χ1v) is 12.1. The Balaban J connectivity index is 1.27. The van der Waals surface area contributed by atoms with Crippen LogP contribution in [-0.2, 0) is 25.7 Å². The Kier molecular flexibility index (Phi) is 6.20. The van der Waals surface area contributed by atoms with Crippen molar-refractivity contribution in [2.45, 2.75) is 76.9 Å². The van der Waals surface area contributed by atoms with Gasteiger partial charge >= 0.3 is 0 Å². The van der Waals surface area contributed by atoms with Crippen molar-refractivity contribution in [3.05, 3.63) is 21.1 Å². The molecule has 28 heavy (non-hydrogen) atoms. The van der Waals surface area contributed by atoms with Crippen molar-refractivity contribution in [1.82, 2.24) is 20.6 Å². The molecule has 4 rings (SSSR count). The second kappa shape index (κ2) is 8.65. The zero-order valence-corrected chi connectivity index (χ0v) is 18.5. The average Bonchev–Trinajstić information content (AvgIpc) is 3.23. The monoisotopic (exact) mass is 420 g/mol. The van der Waals surface area contributed by atoms with E-state index in [1.54, 1.807) is 22.7 Å². The molecule has 0 amide bonds. The number of thiazole rings is 2. The minimum Gasteiger partial charge on any atom is -0.375 e. The van der Waals surface area contributed by atoms with Gasteiger partial charge in [0.25, 0.3) is 0 Å². The van der Waals surface area contributed by atoms with Gasteiger partial charge in [0.05, 0.1) is 11.4 Å². The molecule has 0 aromatic carbocycles. The Morgan fingerprint density at radius 2 is 1.57 bits per heavy atom. The van der Waals surface area contributed by atoms with Crippen LogP contribution >= 0.6 is 22.7 Å². The van der Waals surface area contributed by atoms with Gasteiger partial charge in [-0.05, 0) is 57.4 Å². The summed E-state index contributed by atoms with van der Waals surface area (Å²) in [7, 11) is 0. The topological polar surface area (TPSA) is 102 Å². The van der Waals surface area contributed by atoms with Gasteiger partial charge in [0, 0.05) is 27.9 Å². The molecule has 0 spiro atoms. The lowest BCUT2D eigenvalue weighted by atomic mass is 9.92. The summed E-state index contributed by atoms with van der Waals surface area (Å²) in [5.74, 6) is 0.589. The number of anilines is 2. The molecule has 154 valence electrons. The van der Waals surface area contributed by atoms with Crippen LogP contribution in [0.1, 0.15) is 54.3 Å². The SMILES string of the molecule is CCC(N[C@H]1CCc2nc(N)sc2C1)C(C)CN[C@@H]1CCc2nc(N)sc2C1. The van der Waals surface area contributed by atoms with Crippen LogP contribution in [0.15, 0.2) is 0 Å². The molecule has 0 radical (unpaired) electrons. The van der Waals surface area contributed by atoms with Crippen LogP contribution in [-0.4, -0.2) is 34.6 Å². The lowest BCUT2D eigenvalue weighted by Crippen LogP contribution is -2.48. The number of aromatic nitrogens is 2. The molecule has 8 heteroatoms. The molecule has 0 fully saturated rings. The van der Waals surface area contributed by atoms with E-state index in [1.165, 1.54) is 21.1 Å². The number of nitrogens with two attached hydrogens (primary N) is 2. The Hall–Kier alpha value is -1.22. The molecule has 2 aromatic rings. The number of fused-ring (bicyclic) bond motifs is 2. The Labute approximate surface area is 175 Å². The summed E-state index contributed by atoms with van der Waals surface area (Å²) < 4.78 is 0. The van der Waals surface area contributed by atoms with Gasteiger partial charge in [-0.2, -0.15) is 0 Å². The molecule has 2 aliphatic carbocycles. The summed E-state index contributed by atoms with van der Waals surface area (Å²) in [6.07, 6.45) is 7.70. The lowest BCUT2D eigenvalue weighted by molar-refractivity contribution is 0.291. The van der Waals surface area contributed by atoms with Gasteiger partial charge in [-0.25, -0.2) is 9.97 Å². The van der Waals surface area contributed by atoms with Gasteiger partial charge in [0.2, 0.25) is 0 Å². The maximum atomic E-state index is 5.89. The van der Waals surface area contributed by atoms with Crippen molar-refractivity contribution in [2.75, 3.05) is 18.0 Å². The number of rotatable bonds is 7. The largest absolute Gasteiger partial charge is 0.375 e. The number of nitrogens with one attached hydrogen (secondary N) is 2. The zero-order chi connectivity index (χ0) is 19.7. The lowest BCUT2D eigenvalue weighted by Gasteiger charge is -2.32. The van der Waals surface area contributed by atoms with Gasteiger partial charge in [0.15, 0.2) is 10.3 Å². The van der Waals surface area contributed by atoms with Gasteiger partial charge in [0.1, 0.15) is 0 Å². The number of nitrogen functional groups attached to an aromatic ring is 2. The van der Waals surface area contributed by atoms with Gasteiger partial charge in [-0.3, -0.25) is 0 Å². The summed E-state index contributed by atoms with van der Waals surface area (Å²) >= 11 is 3.32. The molecular formula is C20H32N6S2. The van der Waals surface area contributed by atoms with Gasteiger partial charge in [-0.15, -0.1) is 22.7 Å².